The highest BCUT2D eigenvalue weighted by Gasteiger charge is 2.20. The molecule has 2 N–H and O–H groups in total. The maximum absolute atomic E-state index is 14.4. The number of aromatic nitrogens is 2. The van der Waals surface area contributed by atoms with Crippen molar-refractivity contribution in [3.05, 3.63) is 64.9 Å². The predicted molar refractivity (Wildman–Crippen MR) is 108 cm³/mol. The second-order valence-electron chi connectivity index (χ2n) is 6.85. The van der Waals surface area contributed by atoms with Crippen molar-refractivity contribution in [3.8, 4) is 0 Å². The van der Waals surface area contributed by atoms with Crippen molar-refractivity contribution >= 4 is 40.6 Å². The fraction of sp³-hybridized carbons (Fsp3) is 0.238. The summed E-state index contributed by atoms with van der Waals surface area (Å²) >= 11 is 5.89. The van der Waals surface area contributed by atoms with Crippen LogP contribution in [-0.4, -0.2) is 28.0 Å². The third kappa shape index (κ3) is 4.39. The van der Waals surface area contributed by atoms with Gasteiger partial charge in [-0.15, -0.1) is 11.6 Å². The molecule has 2 aromatic carbocycles. The summed E-state index contributed by atoms with van der Waals surface area (Å²) in [7, 11) is 0. The van der Waals surface area contributed by atoms with Crippen LogP contribution in [-0.2, 0) is 0 Å². The van der Waals surface area contributed by atoms with Crippen LogP contribution in [0.3, 0.4) is 0 Å². The first-order valence-electron chi connectivity index (χ1n) is 8.87. The first kappa shape index (κ1) is 20.0. The van der Waals surface area contributed by atoms with E-state index in [0.29, 0.717) is 22.2 Å². The van der Waals surface area contributed by atoms with Gasteiger partial charge in [0, 0.05) is 23.4 Å². The molecule has 0 unspecified atom stereocenters. The summed E-state index contributed by atoms with van der Waals surface area (Å²) in [6.07, 6.45) is 3.38. The van der Waals surface area contributed by atoms with Crippen molar-refractivity contribution in [3.63, 3.8) is 0 Å². The molecule has 0 saturated carbocycles. The molecule has 1 aromatic heterocycles. The van der Waals surface area contributed by atoms with Crippen molar-refractivity contribution in [2.75, 3.05) is 5.88 Å². The number of halogens is 3. The van der Waals surface area contributed by atoms with Crippen LogP contribution in [0.2, 0.25) is 0 Å². The Morgan fingerprint density at radius 3 is 2.71 bits per heavy atom. The number of H-pyrrole nitrogens is 1. The molecule has 28 heavy (non-hydrogen) atoms. The summed E-state index contributed by atoms with van der Waals surface area (Å²) in [5.74, 6) is -1.16. The van der Waals surface area contributed by atoms with Crippen LogP contribution in [0.25, 0.3) is 23.1 Å². The van der Waals surface area contributed by atoms with Crippen molar-refractivity contribution < 1.29 is 13.6 Å². The summed E-state index contributed by atoms with van der Waals surface area (Å²) in [4.78, 5) is 12.5. The SMILES string of the molecule is CC(C)[C@@H](CCl)NC(=O)c1cc2c(/C=C/c3cccc(F)c3)n[nH]c2cc1F. The standard InChI is InChI=1S/C21H20ClF2N3O/c1-12(2)20(11-22)25-21(28)15-9-16-18(26-27-19(16)10-17(15)24)7-6-13-4-3-5-14(23)8-13/h3-10,12,20H,11H2,1-2H3,(H,25,28)(H,26,27)/b7-6+/t20-/m1/s1. The number of hydrogen-bond donors (Lipinski definition) is 2. The minimum absolute atomic E-state index is 0.0786. The van der Waals surface area contributed by atoms with Crippen LogP contribution in [0.5, 0.6) is 0 Å². The van der Waals surface area contributed by atoms with Crippen LogP contribution < -0.4 is 5.32 Å². The highest BCUT2D eigenvalue weighted by molar-refractivity contribution is 6.18. The average Bonchev–Trinajstić information content (AvgIpc) is 3.05. The number of carbonyl (C=O) groups excluding carboxylic acids is 1. The monoisotopic (exact) mass is 403 g/mol. The zero-order chi connectivity index (χ0) is 20.3. The number of carbonyl (C=O) groups is 1. The Bertz CT molecular complexity index is 1030. The Hall–Kier alpha value is -2.73. The molecule has 3 aromatic rings. The molecular weight excluding hydrogens is 384 g/mol. The second kappa shape index (κ2) is 8.52. The zero-order valence-corrected chi connectivity index (χ0v) is 16.2. The van der Waals surface area contributed by atoms with Gasteiger partial charge < -0.3 is 5.32 Å². The molecule has 0 saturated heterocycles. The molecule has 1 heterocycles. The van der Waals surface area contributed by atoms with Gasteiger partial charge in [0.25, 0.3) is 5.91 Å². The van der Waals surface area contributed by atoms with E-state index in [-0.39, 0.29) is 29.2 Å². The Morgan fingerprint density at radius 2 is 2.04 bits per heavy atom. The number of nitrogens with zero attached hydrogens (tertiary/aromatic N) is 1. The molecule has 0 spiro atoms. The van der Waals surface area contributed by atoms with Gasteiger partial charge in [0.1, 0.15) is 11.6 Å². The number of aromatic amines is 1. The molecule has 7 heteroatoms. The van der Waals surface area contributed by atoms with Crippen LogP contribution in [0.1, 0.15) is 35.5 Å². The number of alkyl halides is 1. The minimum Gasteiger partial charge on any atom is -0.348 e. The molecule has 0 bridgehead atoms. The van der Waals surface area contributed by atoms with Crippen LogP contribution in [0, 0.1) is 17.6 Å². The number of rotatable bonds is 6. The fourth-order valence-electron chi connectivity index (χ4n) is 2.77. The Balaban J connectivity index is 1.93. The maximum atomic E-state index is 14.4. The van der Waals surface area contributed by atoms with E-state index in [4.69, 9.17) is 11.6 Å². The quantitative estimate of drug-likeness (QED) is 0.569. The zero-order valence-electron chi connectivity index (χ0n) is 15.5. The van der Waals surface area contributed by atoms with Crippen molar-refractivity contribution in [2.45, 2.75) is 19.9 Å². The Morgan fingerprint density at radius 1 is 1.25 bits per heavy atom. The number of amides is 1. The van der Waals surface area contributed by atoms with Gasteiger partial charge in [-0.25, -0.2) is 8.78 Å². The molecular formula is C21H20ClF2N3O. The summed E-state index contributed by atoms with van der Waals surface area (Å²) in [5.41, 5.74) is 1.57. The lowest BCUT2D eigenvalue weighted by Gasteiger charge is -2.19. The summed E-state index contributed by atoms with van der Waals surface area (Å²) in [6.45, 7) is 3.86. The van der Waals surface area contributed by atoms with Gasteiger partial charge in [-0.05, 0) is 35.8 Å². The fourth-order valence-corrected chi connectivity index (χ4v) is 3.21. The molecule has 1 atom stereocenters. The van der Waals surface area contributed by atoms with Crippen LogP contribution >= 0.6 is 11.6 Å². The van der Waals surface area contributed by atoms with E-state index in [2.05, 4.69) is 15.5 Å². The largest absolute Gasteiger partial charge is 0.348 e. The molecule has 0 aliphatic carbocycles. The van der Waals surface area contributed by atoms with Crippen molar-refractivity contribution in [2.24, 2.45) is 5.92 Å². The van der Waals surface area contributed by atoms with E-state index in [1.807, 2.05) is 13.8 Å². The number of nitrogens with one attached hydrogen (secondary N) is 2. The van der Waals surface area contributed by atoms with E-state index in [1.54, 1.807) is 24.3 Å². The molecule has 1 amide bonds. The first-order chi connectivity index (χ1) is 13.4. The van der Waals surface area contributed by atoms with Gasteiger partial charge in [0.2, 0.25) is 0 Å². The lowest BCUT2D eigenvalue weighted by Crippen LogP contribution is -2.40. The Labute approximate surface area is 166 Å². The van der Waals surface area contributed by atoms with Crippen LogP contribution in [0.4, 0.5) is 8.78 Å². The Kier molecular flexibility index (Phi) is 6.09. The topological polar surface area (TPSA) is 57.8 Å². The predicted octanol–water partition coefficient (Wildman–Crippen LogP) is 5.00. The van der Waals surface area contributed by atoms with E-state index >= 15 is 0 Å². The summed E-state index contributed by atoms with van der Waals surface area (Å²) < 4.78 is 27.7. The number of benzene rings is 2. The van der Waals surface area contributed by atoms with Gasteiger partial charge in [0.05, 0.1) is 16.8 Å². The smallest absolute Gasteiger partial charge is 0.254 e. The van der Waals surface area contributed by atoms with E-state index < -0.39 is 11.7 Å². The minimum atomic E-state index is -0.647. The van der Waals surface area contributed by atoms with E-state index in [0.717, 1.165) is 0 Å². The molecule has 0 aliphatic heterocycles. The molecule has 0 radical (unpaired) electrons. The normalized spacial score (nSPS) is 12.8. The summed E-state index contributed by atoms with van der Waals surface area (Å²) in [5, 5.41) is 10.3. The average molecular weight is 404 g/mol. The van der Waals surface area contributed by atoms with Gasteiger partial charge >= 0.3 is 0 Å². The van der Waals surface area contributed by atoms with E-state index in [9.17, 15) is 13.6 Å². The van der Waals surface area contributed by atoms with Crippen LogP contribution in [0.15, 0.2) is 36.4 Å². The number of hydrogen-bond acceptors (Lipinski definition) is 2. The third-order valence-corrected chi connectivity index (χ3v) is 4.83. The highest BCUT2D eigenvalue weighted by Crippen LogP contribution is 2.23. The van der Waals surface area contributed by atoms with Crippen molar-refractivity contribution in [1.82, 2.24) is 15.5 Å². The molecule has 3 rings (SSSR count). The lowest BCUT2D eigenvalue weighted by molar-refractivity contribution is 0.0927. The van der Waals surface area contributed by atoms with Gasteiger partial charge in [0.15, 0.2) is 0 Å². The second-order valence-corrected chi connectivity index (χ2v) is 7.16. The third-order valence-electron chi connectivity index (χ3n) is 4.49. The van der Waals surface area contributed by atoms with E-state index in [1.165, 1.54) is 24.3 Å². The molecule has 4 nitrogen and oxygen atoms in total. The lowest BCUT2D eigenvalue weighted by atomic mass is 10.0. The van der Waals surface area contributed by atoms with Gasteiger partial charge in [-0.3, -0.25) is 9.89 Å². The maximum Gasteiger partial charge on any atom is 0.254 e. The summed E-state index contributed by atoms with van der Waals surface area (Å²) in [6, 6.07) is 8.55. The molecule has 146 valence electrons. The van der Waals surface area contributed by atoms with Gasteiger partial charge in [-0.1, -0.05) is 32.1 Å². The highest BCUT2D eigenvalue weighted by atomic mass is 35.5. The first-order valence-corrected chi connectivity index (χ1v) is 9.40. The van der Waals surface area contributed by atoms with Crippen molar-refractivity contribution in [1.29, 1.82) is 0 Å². The number of fused-ring (bicyclic) bond motifs is 1. The van der Waals surface area contributed by atoms with Gasteiger partial charge in [-0.2, -0.15) is 5.10 Å². The molecule has 0 fully saturated rings. The molecule has 0 aliphatic rings.